The Labute approximate surface area is 92.2 Å². The minimum Gasteiger partial charge on any atom is -0.248 e. The van der Waals surface area contributed by atoms with E-state index < -0.39 is 11.0 Å². The lowest BCUT2D eigenvalue weighted by Crippen LogP contribution is -2.21. The Morgan fingerprint density at radius 2 is 2.13 bits per heavy atom. The number of rotatable bonds is 2. The van der Waals surface area contributed by atoms with Gasteiger partial charge in [-0.1, -0.05) is 0 Å². The zero-order chi connectivity index (χ0) is 11.6. The Morgan fingerprint density at radius 1 is 1.53 bits per heavy atom. The Bertz CT molecular complexity index is 402. The third-order valence-corrected chi connectivity index (χ3v) is 3.27. The normalized spacial score (nSPS) is 15.4. The van der Waals surface area contributed by atoms with Crippen LogP contribution in [-0.4, -0.2) is 29.4 Å². The van der Waals surface area contributed by atoms with Crippen LogP contribution in [0.1, 0.15) is 33.5 Å². The summed E-state index contributed by atoms with van der Waals surface area (Å²) in [5, 5.41) is 3.93. The van der Waals surface area contributed by atoms with Gasteiger partial charge in [0.15, 0.2) is 5.82 Å². The first-order chi connectivity index (χ1) is 6.82. The summed E-state index contributed by atoms with van der Waals surface area (Å²) in [6.45, 7) is 7.44. The minimum atomic E-state index is -1.25. The fraction of sp³-hybridized carbons (Fsp3) is 0.667. The van der Waals surface area contributed by atoms with Gasteiger partial charge in [0.1, 0.15) is 17.3 Å². The standard InChI is InChI=1S/C9H16N4OS/c1-7(8-10-6-11-13(8)5)12-15(14)9(2,3)4/h6H,1-5H3/t15-/m1/s1. The molecule has 84 valence electrons. The summed E-state index contributed by atoms with van der Waals surface area (Å²) >= 11 is 0. The van der Waals surface area contributed by atoms with Crippen molar-refractivity contribution in [2.75, 3.05) is 0 Å². The maximum Gasteiger partial charge on any atom is 0.172 e. The summed E-state index contributed by atoms with van der Waals surface area (Å²) in [7, 11) is 0.526. The van der Waals surface area contributed by atoms with Crippen molar-refractivity contribution < 1.29 is 4.21 Å². The maximum absolute atomic E-state index is 11.7. The van der Waals surface area contributed by atoms with E-state index in [-0.39, 0.29) is 4.75 Å². The Kier molecular flexibility index (Phi) is 3.38. The van der Waals surface area contributed by atoms with Crippen LogP contribution < -0.4 is 0 Å². The van der Waals surface area contributed by atoms with Gasteiger partial charge in [0.05, 0.1) is 10.5 Å². The second-order valence-electron chi connectivity index (χ2n) is 4.25. The monoisotopic (exact) mass is 228 g/mol. The van der Waals surface area contributed by atoms with Crippen LogP contribution in [0, 0.1) is 0 Å². The predicted molar refractivity (Wildman–Crippen MR) is 61.1 cm³/mol. The highest BCUT2D eigenvalue weighted by molar-refractivity contribution is 7.85. The van der Waals surface area contributed by atoms with E-state index in [1.165, 1.54) is 6.33 Å². The fourth-order valence-electron chi connectivity index (χ4n) is 0.926. The lowest BCUT2D eigenvalue weighted by molar-refractivity contribution is 0.650. The van der Waals surface area contributed by atoms with Gasteiger partial charge in [-0.2, -0.15) is 9.50 Å². The smallest absolute Gasteiger partial charge is 0.172 e. The molecule has 0 radical (unpaired) electrons. The van der Waals surface area contributed by atoms with Crippen molar-refractivity contribution in [1.82, 2.24) is 14.8 Å². The van der Waals surface area contributed by atoms with Gasteiger partial charge in [-0.15, -0.1) is 0 Å². The molecule has 5 nitrogen and oxygen atoms in total. The van der Waals surface area contributed by atoms with Gasteiger partial charge in [-0.25, -0.2) is 13.9 Å². The van der Waals surface area contributed by atoms with Crippen molar-refractivity contribution in [2.24, 2.45) is 11.4 Å². The highest BCUT2D eigenvalue weighted by atomic mass is 32.2. The van der Waals surface area contributed by atoms with Crippen molar-refractivity contribution in [3.63, 3.8) is 0 Å². The average Bonchev–Trinajstić information content (AvgIpc) is 2.49. The summed E-state index contributed by atoms with van der Waals surface area (Å²) < 4.78 is 17.1. The first kappa shape index (κ1) is 12.0. The average molecular weight is 228 g/mol. The maximum atomic E-state index is 11.7. The molecule has 1 aromatic heterocycles. The zero-order valence-corrected chi connectivity index (χ0v) is 10.5. The van der Waals surface area contributed by atoms with Gasteiger partial charge in [0.25, 0.3) is 0 Å². The molecule has 0 unspecified atom stereocenters. The molecule has 0 spiro atoms. The first-order valence-electron chi connectivity index (χ1n) is 4.64. The van der Waals surface area contributed by atoms with Crippen LogP contribution in [-0.2, 0) is 18.0 Å². The molecule has 0 aliphatic carbocycles. The van der Waals surface area contributed by atoms with Crippen molar-refractivity contribution >= 4 is 16.7 Å². The van der Waals surface area contributed by atoms with Crippen LogP contribution in [0.15, 0.2) is 10.7 Å². The summed E-state index contributed by atoms with van der Waals surface area (Å²) in [5.74, 6) is 0.646. The topological polar surface area (TPSA) is 60.1 Å². The van der Waals surface area contributed by atoms with Crippen LogP contribution in [0.25, 0.3) is 0 Å². The van der Waals surface area contributed by atoms with E-state index in [9.17, 15) is 4.21 Å². The molecular formula is C9H16N4OS. The molecule has 15 heavy (non-hydrogen) atoms. The molecule has 0 N–H and O–H groups in total. The van der Waals surface area contributed by atoms with E-state index in [1.54, 1.807) is 18.7 Å². The van der Waals surface area contributed by atoms with Crippen LogP contribution >= 0.6 is 0 Å². The molecule has 0 aromatic carbocycles. The molecule has 0 aliphatic rings. The van der Waals surface area contributed by atoms with Gasteiger partial charge in [-0.05, 0) is 27.7 Å². The number of aromatic nitrogens is 3. The van der Waals surface area contributed by atoms with E-state index in [0.29, 0.717) is 11.5 Å². The SMILES string of the molecule is CC(=N[S@](=O)C(C)(C)C)c1ncnn1C. The van der Waals surface area contributed by atoms with Gasteiger partial charge in [-0.3, -0.25) is 0 Å². The molecule has 1 atom stereocenters. The molecule has 0 aliphatic heterocycles. The summed E-state index contributed by atoms with van der Waals surface area (Å²) in [4.78, 5) is 4.04. The molecule has 0 saturated carbocycles. The largest absolute Gasteiger partial charge is 0.248 e. The fourth-order valence-corrected chi connectivity index (χ4v) is 1.53. The Hall–Kier alpha value is -1.04. The molecule has 0 amide bonds. The van der Waals surface area contributed by atoms with E-state index in [1.807, 2.05) is 20.8 Å². The molecule has 1 rings (SSSR count). The summed E-state index contributed by atoms with van der Waals surface area (Å²) in [6, 6.07) is 0. The van der Waals surface area contributed by atoms with Crippen LogP contribution in [0.4, 0.5) is 0 Å². The number of aryl methyl sites for hydroxylation is 1. The van der Waals surface area contributed by atoms with E-state index >= 15 is 0 Å². The van der Waals surface area contributed by atoms with E-state index in [4.69, 9.17) is 0 Å². The molecule has 1 heterocycles. The van der Waals surface area contributed by atoms with Crippen LogP contribution in [0.5, 0.6) is 0 Å². The van der Waals surface area contributed by atoms with E-state index in [0.717, 1.165) is 0 Å². The number of hydrogen-bond donors (Lipinski definition) is 0. The highest BCUT2D eigenvalue weighted by Gasteiger charge is 2.19. The Morgan fingerprint density at radius 3 is 2.53 bits per heavy atom. The highest BCUT2D eigenvalue weighted by Crippen LogP contribution is 2.13. The third-order valence-electron chi connectivity index (χ3n) is 1.78. The van der Waals surface area contributed by atoms with Crippen molar-refractivity contribution in [3.05, 3.63) is 12.2 Å². The summed E-state index contributed by atoms with van der Waals surface area (Å²) in [5.41, 5.74) is 0.642. The van der Waals surface area contributed by atoms with Crippen molar-refractivity contribution in [3.8, 4) is 0 Å². The quantitative estimate of drug-likeness (QED) is 0.712. The second kappa shape index (κ2) is 4.22. The van der Waals surface area contributed by atoms with Gasteiger partial charge < -0.3 is 0 Å². The summed E-state index contributed by atoms with van der Waals surface area (Å²) in [6.07, 6.45) is 1.45. The van der Waals surface area contributed by atoms with E-state index in [2.05, 4.69) is 14.5 Å². The molecule has 0 fully saturated rings. The third kappa shape index (κ3) is 2.95. The van der Waals surface area contributed by atoms with Crippen molar-refractivity contribution in [1.29, 1.82) is 0 Å². The second-order valence-corrected chi connectivity index (χ2v) is 6.15. The molecule has 6 heteroatoms. The molecule has 0 saturated heterocycles. The number of nitrogens with zero attached hydrogens (tertiary/aromatic N) is 4. The van der Waals surface area contributed by atoms with Crippen molar-refractivity contribution in [2.45, 2.75) is 32.4 Å². The van der Waals surface area contributed by atoms with Gasteiger partial charge in [0, 0.05) is 7.05 Å². The molecular weight excluding hydrogens is 212 g/mol. The van der Waals surface area contributed by atoms with Crippen LogP contribution in [0.3, 0.4) is 0 Å². The predicted octanol–water partition coefficient (Wildman–Crippen LogP) is 1.09. The van der Waals surface area contributed by atoms with Crippen LogP contribution in [0.2, 0.25) is 0 Å². The lowest BCUT2D eigenvalue weighted by Gasteiger charge is -2.13. The molecule has 0 bridgehead atoms. The van der Waals surface area contributed by atoms with Gasteiger partial charge in [0.2, 0.25) is 0 Å². The number of hydrogen-bond acceptors (Lipinski definition) is 3. The minimum absolute atomic E-state index is 0.347. The first-order valence-corrected chi connectivity index (χ1v) is 5.74. The lowest BCUT2D eigenvalue weighted by atomic mass is 10.3. The molecule has 1 aromatic rings. The van der Waals surface area contributed by atoms with Gasteiger partial charge >= 0.3 is 0 Å². The zero-order valence-electron chi connectivity index (χ0n) is 9.68. The Balaban J connectivity index is 2.96.